The van der Waals surface area contributed by atoms with Crippen LogP contribution < -0.4 is 5.32 Å². The minimum atomic E-state index is -0.634. The highest BCUT2D eigenvalue weighted by Crippen LogP contribution is 2.23. The summed E-state index contributed by atoms with van der Waals surface area (Å²) in [5, 5.41) is 4.61. The van der Waals surface area contributed by atoms with Gasteiger partial charge < -0.3 is 5.32 Å². The van der Waals surface area contributed by atoms with Crippen LogP contribution >= 0.6 is 0 Å². The van der Waals surface area contributed by atoms with Crippen LogP contribution in [0.1, 0.15) is 10.5 Å². The summed E-state index contributed by atoms with van der Waals surface area (Å²) in [5.74, 6) is -1.19. The zero-order valence-corrected chi connectivity index (χ0v) is 10.5. The fraction of sp³-hybridized carbons (Fsp3) is 0. The SMILES string of the molecule is O=C(Nc1cccc2ccccc12)c1ncccc1F. The van der Waals surface area contributed by atoms with E-state index in [-0.39, 0.29) is 5.69 Å². The van der Waals surface area contributed by atoms with Gasteiger partial charge in [-0.1, -0.05) is 36.4 Å². The van der Waals surface area contributed by atoms with Crippen molar-refractivity contribution in [2.24, 2.45) is 0 Å². The van der Waals surface area contributed by atoms with Gasteiger partial charge in [-0.05, 0) is 23.6 Å². The van der Waals surface area contributed by atoms with Gasteiger partial charge in [-0.2, -0.15) is 0 Å². The molecule has 2 aromatic carbocycles. The number of nitrogens with one attached hydrogen (secondary N) is 1. The van der Waals surface area contributed by atoms with Crippen LogP contribution in [0.15, 0.2) is 60.8 Å². The second-order valence-electron chi connectivity index (χ2n) is 4.31. The smallest absolute Gasteiger partial charge is 0.277 e. The number of hydrogen-bond donors (Lipinski definition) is 1. The van der Waals surface area contributed by atoms with E-state index >= 15 is 0 Å². The monoisotopic (exact) mass is 266 g/mol. The molecule has 1 amide bonds. The minimum absolute atomic E-state index is 0.208. The summed E-state index contributed by atoms with van der Waals surface area (Å²) < 4.78 is 13.5. The molecule has 0 bridgehead atoms. The van der Waals surface area contributed by atoms with Crippen molar-refractivity contribution in [2.75, 3.05) is 5.32 Å². The van der Waals surface area contributed by atoms with E-state index in [1.807, 2.05) is 36.4 Å². The van der Waals surface area contributed by atoms with Crippen LogP contribution in [0.5, 0.6) is 0 Å². The third kappa shape index (κ3) is 2.23. The van der Waals surface area contributed by atoms with Crippen molar-refractivity contribution < 1.29 is 9.18 Å². The maximum Gasteiger partial charge on any atom is 0.277 e. The number of nitrogens with zero attached hydrogens (tertiary/aromatic N) is 1. The summed E-state index contributed by atoms with van der Waals surface area (Å²) >= 11 is 0. The number of aromatic nitrogens is 1. The van der Waals surface area contributed by atoms with Gasteiger partial charge in [-0.25, -0.2) is 9.37 Å². The average Bonchev–Trinajstić information content (AvgIpc) is 2.48. The molecule has 0 aliphatic heterocycles. The number of anilines is 1. The van der Waals surface area contributed by atoms with E-state index in [1.165, 1.54) is 18.3 Å². The second kappa shape index (κ2) is 5.09. The second-order valence-corrected chi connectivity index (χ2v) is 4.31. The molecule has 0 saturated heterocycles. The molecule has 0 unspecified atom stereocenters. The van der Waals surface area contributed by atoms with Crippen LogP contribution in [0.25, 0.3) is 10.8 Å². The molecule has 1 aromatic heterocycles. The zero-order chi connectivity index (χ0) is 13.9. The van der Waals surface area contributed by atoms with Gasteiger partial charge in [0, 0.05) is 17.3 Å². The summed E-state index contributed by atoms with van der Waals surface area (Å²) in [6, 6.07) is 15.9. The topological polar surface area (TPSA) is 42.0 Å². The summed E-state index contributed by atoms with van der Waals surface area (Å²) in [6.45, 7) is 0. The Morgan fingerprint density at radius 3 is 2.65 bits per heavy atom. The van der Waals surface area contributed by atoms with E-state index in [0.717, 1.165) is 10.8 Å². The van der Waals surface area contributed by atoms with Crippen LogP contribution in [0.2, 0.25) is 0 Å². The predicted molar refractivity (Wildman–Crippen MR) is 76.1 cm³/mol. The van der Waals surface area contributed by atoms with Crippen molar-refractivity contribution >= 4 is 22.4 Å². The number of rotatable bonds is 2. The lowest BCUT2D eigenvalue weighted by Crippen LogP contribution is -2.15. The zero-order valence-electron chi connectivity index (χ0n) is 10.5. The van der Waals surface area contributed by atoms with E-state index < -0.39 is 11.7 Å². The quantitative estimate of drug-likeness (QED) is 0.769. The third-order valence-electron chi connectivity index (χ3n) is 3.01. The van der Waals surface area contributed by atoms with Gasteiger partial charge in [0.05, 0.1) is 0 Å². The van der Waals surface area contributed by atoms with E-state index in [9.17, 15) is 9.18 Å². The number of halogens is 1. The number of carbonyl (C=O) groups excluding carboxylic acids is 1. The number of hydrogen-bond acceptors (Lipinski definition) is 2. The molecular weight excluding hydrogens is 255 g/mol. The van der Waals surface area contributed by atoms with Crippen molar-refractivity contribution in [1.82, 2.24) is 4.98 Å². The first kappa shape index (κ1) is 12.3. The molecule has 3 nitrogen and oxygen atoms in total. The average molecular weight is 266 g/mol. The van der Waals surface area contributed by atoms with Gasteiger partial charge >= 0.3 is 0 Å². The normalized spacial score (nSPS) is 10.4. The minimum Gasteiger partial charge on any atom is -0.320 e. The van der Waals surface area contributed by atoms with Gasteiger partial charge in [0.25, 0.3) is 5.91 Å². The Balaban J connectivity index is 1.98. The Kier molecular flexibility index (Phi) is 3.13. The molecule has 0 fully saturated rings. The molecule has 0 spiro atoms. The van der Waals surface area contributed by atoms with E-state index in [1.54, 1.807) is 6.07 Å². The number of pyridine rings is 1. The summed E-state index contributed by atoms with van der Waals surface area (Å²) in [5.41, 5.74) is 0.429. The Morgan fingerprint density at radius 1 is 1.00 bits per heavy atom. The molecule has 0 atom stereocenters. The van der Waals surface area contributed by atoms with Gasteiger partial charge in [0.1, 0.15) is 0 Å². The lowest BCUT2D eigenvalue weighted by Gasteiger charge is -2.08. The number of fused-ring (bicyclic) bond motifs is 1. The summed E-state index contributed by atoms with van der Waals surface area (Å²) in [6.07, 6.45) is 1.39. The first-order valence-electron chi connectivity index (χ1n) is 6.15. The van der Waals surface area contributed by atoms with E-state index in [2.05, 4.69) is 10.3 Å². The molecule has 3 rings (SSSR count). The fourth-order valence-corrected chi connectivity index (χ4v) is 2.07. The van der Waals surface area contributed by atoms with Crippen molar-refractivity contribution in [3.8, 4) is 0 Å². The van der Waals surface area contributed by atoms with Crippen LogP contribution in [0.3, 0.4) is 0 Å². The number of amides is 1. The summed E-state index contributed by atoms with van der Waals surface area (Å²) in [4.78, 5) is 15.8. The Labute approximate surface area is 115 Å². The molecule has 3 aromatic rings. The lowest BCUT2D eigenvalue weighted by atomic mass is 10.1. The summed E-state index contributed by atoms with van der Waals surface area (Å²) in [7, 11) is 0. The lowest BCUT2D eigenvalue weighted by molar-refractivity contribution is 0.101. The molecule has 4 heteroatoms. The highest BCUT2D eigenvalue weighted by molar-refractivity contribution is 6.08. The Hall–Kier alpha value is -2.75. The first-order valence-corrected chi connectivity index (χ1v) is 6.15. The number of benzene rings is 2. The van der Waals surface area contributed by atoms with E-state index in [4.69, 9.17) is 0 Å². The van der Waals surface area contributed by atoms with E-state index in [0.29, 0.717) is 5.69 Å². The van der Waals surface area contributed by atoms with Gasteiger partial charge in [-0.15, -0.1) is 0 Å². The van der Waals surface area contributed by atoms with Crippen LogP contribution in [0.4, 0.5) is 10.1 Å². The third-order valence-corrected chi connectivity index (χ3v) is 3.01. The molecule has 98 valence electrons. The molecule has 1 N–H and O–H groups in total. The number of carbonyl (C=O) groups is 1. The van der Waals surface area contributed by atoms with Crippen LogP contribution in [-0.2, 0) is 0 Å². The van der Waals surface area contributed by atoms with Crippen molar-refractivity contribution in [1.29, 1.82) is 0 Å². The molecule has 20 heavy (non-hydrogen) atoms. The van der Waals surface area contributed by atoms with Crippen LogP contribution in [-0.4, -0.2) is 10.9 Å². The largest absolute Gasteiger partial charge is 0.320 e. The van der Waals surface area contributed by atoms with Crippen molar-refractivity contribution in [3.05, 3.63) is 72.3 Å². The molecule has 0 radical (unpaired) electrons. The maximum absolute atomic E-state index is 13.5. The molecule has 1 heterocycles. The van der Waals surface area contributed by atoms with Gasteiger partial charge in [0.2, 0.25) is 0 Å². The highest BCUT2D eigenvalue weighted by atomic mass is 19.1. The van der Waals surface area contributed by atoms with Crippen molar-refractivity contribution in [3.63, 3.8) is 0 Å². The standard InChI is InChI=1S/C16H11FN2O/c17-13-8-4-10-18-15(13)16(20)19-14-9-3-6-11-5-1-2-7-12(11)14/h1-10H,(H,19,20). The fourth-order valence-electron chi connectivity index (χ4n) is 2.07. The van der Waals surface area contributed by atoms with Crippen LogP contribution in [0, 0.1) is 5.82 Å². The molecule has 0 aliphatic carbocycles. The maximum atomic E-state index is 13.5. The Bertz CT molecular complexity index is 781. The molecule has 0 aliphatic rings. The predicted octanol–water partition coefficient (Wildman–Crippen LogP) is 3.63. The Morgan fingerprint density at radius 2 is 1.80 bits per heavy atom. The molecular formula is C16H11FN2O. The highest BCUT2D eigenvalue weighted by Gasteiger charge is 2.13. The molecule has 0 saturated carbocycles. The van der Waals surface area contributed by atoms with Crippen molar-refractivity contribution in [2.45, 2.75) is 0 Å². The van der Waals surface area contributed by atoms with Gasteiger partial charge in [-0.3, -0.25) is 4.79 Å². The first-order chi connectivity index (χ1) is 9.75. The van der Waals surface area contributed by atoms with Gasteiger partial charge in [0.15, 0.2) is 11.5 Å².